The summed E-state index contributed by atoms with van der Waals surface area (Å²) in [6, 6.07) is 9.08. The van der Waals surface area contributed by atoms with Crippen LogP contribution in [0, 0.1) is 10.1 Å². The molecule has 0 aliphatic rings. The summed E-state index contributed by atoms with van der Waals surface area (Å²) in [6.45, 7) is 3.95. The summed E-state index contributed by atoms with van der Waals surface area (Å²) in [5, 5.41) is 16.1. The van der Waals surface area contributed by atoms with Gasteiger partial charge in [0.15, 0.2) is 5.16 Å². The zero-order valence-corrected chi connectivity index (χ0v) is 18.1. The average Bonchev–Trinajstić information content (AvgIpc) is 3.44. The number of hydrogen-bond acceptors (Lipinski definition) is 8. The van der Waals surface area contributed by atoms with E-state index >= 15 is 0 Å². The van der Waals surface area contributed by atoms with E-state index < -0.39 is 4.92 Å². The van der Waals surface area contributed by atoms with Crippen LogP contribution < -0.4 is 10.9 Å². The Morgan fingerprint density at radius 2 is 2.12 bits per heavy atom. The minimum Gasteiger partial charge on any atom is -0.464 e. The Morgan fingerprint density at radius 1 is 1.34 bits per heavy atom. The van der Waals surface area contributed by atoms with Crippen LogP contribution in [0.15, 0.2) is 75.1 Å². The predicted molar refractivity (Wildman–Crippen MR) is 124 cm³/mol. The number of thioether (sulfide) groups is 1. The van der Waals surface area contributed by atoms with Crippen LogP contribution in [0.2, 0.25) is 0 Å². The maximum Gasteiger partial charge on any atom is 0.269 e. The summed E-state index contributed by atoms with van der Waals surface area (Å²) < 4.78 is 6.91. The van der Waals surface area contributed by atoms with Crippen molar-refractivity contribution in [3.8, 4) is 11.3 Å². The van der Waals surface area contributed by atoms with E-state index in [9.17, 15) is 19.7 Å². The van der Waals surface area contributed by atoms with Gasteiger partial charge in [-0.05, 0) is 24.3 Å². The third-order valence-corrected chi connectivity index (χ3v) is 6.30. The van der Waals surface area contributed by atoms with Crippen molar-refractivity contribution in [1.29, 1.82) is 0 Å². The van der Waals surface area contributed by atoms with Gasteiger partial charge in [-0.15, -0.1) is 17.9 Å². The molecule has 1 amide bonds. The number of benzene rings is 1. The van der Waals surface area contributed by atoms with Crippen molar-refractivity contribution < 1.29 is 14.1 Å². The highest BCUT2D eigenvalue weighted by Gasteiger charge is 2.19. The average molecular weight is 469 g/mol. The molecule has 11 heteroatoms. The molecule has 0 unspecified atom stereocenters. The molecule has 0 radical (unpaired) electrons. The summed E-state index contributed by atoms with van der Waals surface area (Å²) in [5.41, 5.74) is 0.821. The van der Waals surface area contributed by atoms with Crippen LogP contribution >= 0.6 is 23.1 Å². The van der Waals surface area contributed by atoms with E-state index in [-0.39, 0.29) is 29.5 Å². The van der Waals surface area contributed by atoms with Gasteiger partial charge in [-0.2, -0.15) is 0 Å². The van der Waals surface area contributed by atoms with E-state index in [0.29, 0.717) is 32.4 Å². The summed E-state index contributed by atoms with van der Waals surface area (Å²) in [5.74, 6) is 0.261. The van der Waals surface area contributed by atoms with Gasteiger partial charge >= 0.3 is 0 Å². The number of rotatable bonds is 8. The third-order valence-electron chi connectivity index (χ3n) is 4.45. The predicted octanol–water partition coefficient (Wildman–Crippen LogP) is 4.54. The molecule has 9 nitrogen and oxygen atoms in total. The van der Waals surface area contributed by atoms with Crippen molar-refractivity contribution in [1.82, 2.24) is 9.55 Å². The monoisotopic (exact) mass is 468 g/mol. The van der Waals surface area contributed by atoms with Gasteiger partial charge in [0.05, 0.1) is 22.3 Å². The zero-order valence-electron chi connectivity index (χ0n) is 16.5. The molecule has 1 aromatic carbocycles. The van der Waals surface area contributed by atoms with Crippen LogP contribution in [0.1, 0.15) is 0 Å². The zero-order chi connectivity index (χ0) is 22.7. The number of non-ortho nitro benzene ring substituents is 1. The highest BCUT2D eigenvalue weighted by atomic mass is 32.2. The Morgan fingerprint density at radius 3 is 2.78 bits per heavy atom. The second-order valence-electron chi connectivity index (χ2n) is 6.55. The topological polar surface area (TPSA) is 120 Å². The first kappa shape index (κ1) is 21.5. The smallest absolute Gasteiger partial charge is 0.269 e. The van der Waals surface area contributed by atoms with Gasteiger partial charge in [-0.3, -0.25) is 24.3 Å². The lowest BCUT2D eigenvalue weighted by Gasteiger charge is -2.10. The second-order valence-corrected chi connectivity index (χ2v) is 8.35. The van der Waals surface area contributed by atoms with Crippen molar-refractivity contribution in [2.75, 3.05) is 11.1 Å². The van der Waals surface area contributed by atoms with Crippen LogP contribution in [0.4, 0.5) is 11.4 Å². The molecule has 32 heavy (non-hydrogen) atoms. The first-order chi connectivity index (χ1) is 15.5. The molecule has 3 aromatic heterocycles. The number of nitro groups is 1. The molecule has 0 bridgehead atoms. The lowest BCUT2D eigenvalue weighted by atomic mass is 10.2. The van der Waals surface area contributed by atoms with Gasteiger partial charge in [-0.1, -0.05) is 17.8 Å². The Labute approximate surface area is 189 Å². The molecule has 0 fully saturated rings. The maximum absolute atomic E-state index is 13.2. The number of aromatic nitrogens is 2. The van der Waals surface area contributed by atoms with E-state index in [2.05, 4.69) is 16.9 Å². The molecule has 0 atom stereocenters. The minimum atomic E-state index is -0.510. The molecule has 0 spiro atoms. The number of furan rings is 1. The molecule has 0 saturated heterocycles. The highest BCUT2D eigenvalue weighted by molar-refractivity contribution is 7.99. The standard InChI is InChI=1S/C21H16N4O5S2/c1-2-9-24-20(27)18-15(16-4-3-10-30-16)11-31-19(18)23-21(24)32-12-17(26)22-13-5-7-14(8-6-13)25(28)29/h2-8,10-11H,1,9,12H2,(H,22,26). The number of fused-ring (bicyclic) bond motifs is 1. The molecule has 4 aromatic rings. The van der Waals surface area contributed by atoms with Gasteiger partial charge in [0, 0.05) is 35.3 Å². The van der Waals surface area contributed by atoms with E-state index in [1.165, 1.54) is 40.2 Å². The maximum atomic E-state index is 13.2. The van der Waals surface area contributed by atoms with E-state index in [1.807, 2.05) is 5.38 Å². The number of carbonyl (C=O) groups is 1. The number of amides is 1. The van der Waals surface area contributed by atoms with E-state index in [1.54, 1.807) is 24.5 Å². The number of hydrogen-bond donors (Lipinski definition) is 1. The summed E-state index contributed by atoms with van der Waals surface area (Å²) in [6.07, 6.45) is 3.14. The van der Waals surface area contributed by atoms with Crippen LogP contribution in [-0.2, 0) is 11.3 Å². The molecule has 162 valence electrons. The fraction of sp³-hybridized carbons (Fsp3) is 0.0952. The summed E-state index contributed by atoms with van der Waals surface area (Å²) in [7, 11) is 0. The van der Waals surface area contributed by atoms with Gasteiger partial charge in [0.25, 0.3) is 11.2 Å². The van der Waals surface area contributed by atoms with Crippen molar-refractivity contribution in [3.63, 3.8) is 0 Å². The Hall–Kier alpha value is -3.70. The fourth-order valence-corrected chi connectivity index (χ4v) is 4.79. The second kappa shape index (κ2) is 9.20. The number of nitro benzene ring substituents is 1. The number of thiophene rings is 1. The largest absolute Gasteiger partial charge is 0.464 e. The van der Waals surface area contributed by atoms with E-state index in [4.69, 9.17) is 4.42 Å². The van der Waals surface area contributed by atoms with Crippen molar-refractivity contribution in [2.24, 2.45) is 0 Å². The number of anilines is 1. The van der Waals surface area contributed by atoms with Gasteiger partial charge in [-0.25, -0.2) is 4.98 Å². The van der Waals surface area contributed by atoms with Crippen LogP contribution in [0.25, 0.3) is 21.5 Å². The normalized spacial score (nSPS) is 10.9. The SMILES string of the molecule is C=CCn1c(SCC(=O)Nc2ccc([N+](=O)[O-])cc2)nc2scc(-c3ccco3)c2c1=O. The van der Waals surface area contributed by atoms with E-state index in [0.717, 1.165) is 11.8 Å². The molecular weight excluding hydrogens is 452 g/mol. The minimum absolute atomic E-state index is 0.00247. The number of allylic oxidation sites excluding steroid dienone is 1. The quantitative estimate of drug-likeness (QED) is 0.132. The fourth-order valence-electron chi connectivity index (χ4n) is 3.01. The number of nitrogens with one attached hydrogen (secondary N) is 1. The van der Waals surface area contributed by atoms with Crippen LogP contribution in [0.3, 0.4) is 0 Å². The van der Waals surface area contributed by atoms with Crippen molar-refractivity contribution in [2.45, 2.75) is 11.7 Å². The van der Waals surface area contributed by atoms with Gasteiger partial charge < -0.3 is 9.73 Å². The summed E-state index contributed by atoms with van der Waals surface area (Å²) >= 11 is 2.45. The molecular formula is C21H16N4O5S2. The van der Waals surface area contributed by atoms with Gasteiger partial charge in [0.1, 0.15) is 10.6 Å². The molecule has 0 saturated carbocycles. The van der Waals surface area contributed by atoms with Gasteiger partial charge in [0.2, 0.25) is 5.91 Å². The highest BCUT2D eigenvalue weighted by Crippen LogP contribution is 2.32. The Kier molecular flexibility index (Phi) is 6.19. The molecule has 3 heterocycles. The van der Waals surface area contributed by atoms with Crippen molar-refractivity contribution in [3.05, 3.63) is 81.2 Å². The lowest BCUT2D eigenvalue weighted by molar-refractivity contribution is -0.384. The third kappa shape index (κ3) is 4.34. The van der Waals surface area contributed by atoms with Crippen molar-refractivity contribution >= 4 is 50.6 Å². The number of carbonyl (C=O) groups excluding carboxylic acids is 1. The first-order valence-corrected chi connectivity index (χ1v) is 11.2. The lowest BCUT2D eigenvalue weighted by Crippen LogP contribution is -2.23. The van der Waals surface area contributed by atoms with Crippen LogP contribution in [-0.4, -0.2) is 26.1 Å². The molecule has 0 aliphatic carbocycles. The molecule has 4 rings (SSSR count). The summed E-state index contributed by atoms with van der Waals surface area (Å²) in [4.78, 5) is 41.0. The Bertz CT molecular complexity index is 1360. The molecule has 0 aliphatic heterocycles. The Balaban J connectivity index is 1.56. The van der Waals surface area contributed by atoms with Crippen LogP contribution in [0.5, 0.6) is 0 Å². The molecule has 1 N–H and O–H groups in total. The first-order valence-electron chi connectivity index (χ1n) is 9.32. The number of nitrogens with zero attached hydrogens (tertiary/aromatic N) is 3.